The molecule has 0 radical (unpaired) electrons. The summed E-state index contributed by atoms with van der Waals surface area (Å²) in [7, 11) is -0.657. The predicted octanol–water partition coefficient (Wildman–Crippen LogP) is 3.52. The Morgan fingerprint density at radius 1 is 1.20 bits per heavy atom. The number of sulfonamides is 1. The zero-order valence-corrected chi connectivity index (χ0v) is 18.7. The molecule has 0 bridgehead atoms. The number of hydrogen-bond acceptors (Lipinski definition) is 5. The molecule has 3 rings (SSSR count). The number of amides is 1. The first-order chi connectivity index (χ1) is 14.2. The first kappa shape index (κ1) is 22.1. The molecule has 8 nitrogen and oxygen atoms in total. The number of rotatable bonds is 7. The van der Waals surface area contributed by atoms with Crippen molar-refractivity contribution in [2.75, 3.05) is 25.5 Å². The maximum Gasteiger partial charge on any atom is 0.258 e. The minimum Gasteiger partial charge on any atom is -0.495 e. The maximum atomic E-state index is 13.0. The second-order valence-corrected chi connectivity index (χ2v) is 8.88. The van der Waals surface area contributed by atoms with E-state index in [0.29, 0.717) is 29.6 Å². The van der Waals surface area contributed by atoms with Gasteiger partial charge in [0.1, 0.15) is 10.6 Å². The van der Waals surface area contributed by atoms with Crippen LogP contribution in [0.25, 0.3) is 11.0 Å². The molecule has 160 valence electrons. The van der Waals surface area contributed by atoms with Crippen LogP contribution in [-0.4, -0.2) is 48.4 Å². The lowest BCUT2D eigenvalue weighted by Crippen LogP contribution is -2.31. The van der Waals surface area contributed by atoms with Gasteiger partial charge in [-0.05, 0) is 36.4 Å². The van der Waals surface area contributed by atoms with Gasteiger partial charge in [0, 0.05) is 30.7 Å². The number of imidazole rings is 1. The number of benzene rings is 2. The van der Waals surface area contributed by atoms with E-state index in [1.54, 1.807) is 37.6 Å². The van der Waals surface area contributed by atoms with Gasteiger partial charge in [0.2, 0.25) is 16.0 Å². The smallest absolute Gasteiger partial charge is 0.258 e. The van der Waals surface area contributed by atoms with Gasteiger partial charge in [-0.2, -0.15) is 4.31 Å². The largest absolute Gasteiger partial charge is 0.495 e. The predicted molar refractivity (Wildman–Crippen MR) is 117 cm³/mol. The number of carbonyl (C=O) groups excluding carboxylic acids is 1. The lowest BCUT2D eigenvalue weighted by atomic mass is 10.2. The van der Waals surface area contributed by atoms with Crippen LogP contribution in [0.1, 0.15) is 24.2 Å². The number of fused-ring (bicyclic) bond motifs is 1. The Balaban J connectivity index is 1.98. The van der Waals surface area contributed by atoms with Crippen LogP contribution in [0.2, 0.25) is 5.02 Å². The van der Waals surface area contributed by atoms with Crippen LogP contribution in [0, 0.1) is 0 Å². The van der Waals surface area contributed by atoms with Crippen molar-refractivity contribution >= 4 is 44.5 Å². The summed E-state index contributed by atoms with van der Waals surface area (Å²) in [6.07, 6.45) is 0. The Morgan fingerprint density at radius 2 is 1.90 bits per heavy atom. The maximum absolute atomic E-state index is 13.0. The lowest BCUT2D eigenvalue weighted by molar-refractivity contribution is 0.102. The summed E-state index contributed by atoms with van der Waals surface area (Å²) in [5, 5.41) is 3.27. The van der Waals surface area contributed by atoms with Gasteiger partial charge in [-0.3, -0.25) is 10.1 Å². The molecule has 1 amide bonds. The van der Waals surface area contributed by atoms with Crippen molar-refractivity contribution in [2.45, 2.75) is 18.7 Å². The van der Waals surface area contributed by atoms with E-state index in [9.17, 15) is 13.2 Å². The van der Waals surface area contributed by atoms with Crippen molar-refractivity contribution in [3.05, 3.63) is 47.0 Å². The second kappa shape index (κ2) is 8.63. The molecular formula is C20H23ClN4O4S. The molecule has 0 fully saturated rings. The van der Waals surface area contributed by atoms with Crippen molar-refractivity contribution in [2.24, 2.45) is 7.05 Å². The molecule has 0 unspecified atom stereocenters. The minimum absolute atomic E-state index is 0.0573. The van der Waals surface area contributed by atoms with E-state index in [2.05, 4.69) is 10.3 Å². The number of anilines is 1. The van der Waals surface area contributed by atoms with Crippen molar-refractivity contribution in [3.8, 4) is 5.75 Å². The topological polar surface area (TPSA) is 93.5 Å². The summed E-state index contributed by atoms with van der Waals surface area (Å²) in [5.41, 5.74) is 1.61. The van der Waals surface area contributed by atoms with E-state index in [0.717, 1.165) is 5.52 Å². The Bertz CT molecular complexity index is 1200. The van der Waals surface area contributed by atoms with Gasteiger partial charge in [0.15, 0.2) is 0 Å². The molecule has 2 aromatic carbocycles. The van der Waals surface area contributed by atoms with Crippen LogP contribution in [0.4, 0.5) is 5.95 Å². The Kier molecular flexibility index (Phi) is 6.35. The summed E-state index contributed by atoms with van der Waals surface area (Å²) >= 11 is 6.01. The molecule has 30 heavy (non-hydrogen) atoms. The number of nitrogens with zero attached hydrogens (tertiary/aromatic N) is 3. The third-order valence-corrected chi connectivity index (χ3v) is 7.12. The third kappa shape index (κ3) is 4.00. The molecule has 10 heteroatoms. The van der Waals surface area contributed by atoms with Crippen molar-refractivity contribution in [1.29, 1.82) is 0 Å². The number of ether oxygens (including phenoxy) is 1. The normalized spacial score (nSPS) is 11.8. The number of aromatic nitrogens is 2. The average Bonchev–Trinajstić information content (AvgIpc) is 3.02. The SMILES string of the molecule is CCN(CC)S(=O)(=O)c1cc(C(=O)Nc2nc3cc(Cl)ccc3n2C)ccc1OC. The van der Waals surface area contributed by atoms with E-state index in [1.165, 1.54) is 29.6 Å². The fourth-order valence-corrected chi connectivity index (χ4v) is 4.99. The van der Waals surface area contributed by atoms with Gasteiger partial charge in [0.05, 0.1) is 18.1 Å². The highest BCUT2D eigenvalue weighted by atomic mass is 35.5. The summed E-state index contributed by atoms with van der Waals surface area (Å²) in [6, 6.07) is 9.55. The summed E-state index contributed by atoms with van der Waals surface area (Å²) in [5.74, 6) is 0.00945. The highest BCUT2D eigenvalue weighted by Gasteiger charge is 2.27. The molecule has 0 spiro atoms. The molecular weight excluding hydrogens is 428 g/mol. The van der Waals surface area contributed by atoms with Gasteiger partial charge >= 0.3 is 0 Å². The lowest BCUT2D eigenvalue weighted by Gasteiger charge is -2.20. The zero-order chi connectivity index (χ0) is 22.1. The Labute approximate surface area is 180 Å². The van der Waals surface area contributed by atoms with Crippen LogP contribution in [0.15, 0.2) is 41.3 Å². The number of aryl methyl sites for hydroxylation is 1. The van der Waals surface area contributed by atoms with Crippen LogP contribution < -0.4 is 10.1 Å². The molecule has 3 aromatic rings. The van der Waals surface area contributed by atoms with Crippen molar-refractivity contribution in [3.63, 3.8) is 0 Å². The van der Waals surface area contributed by atoms with E-state index in [1.807, 2.05) is 6.07 Å². The Hall–Kier alpha value is -2.62. The number of halogens is 1. The van der Waals surface area contributed by atoms with Crippen molar-refractivity contribution in [1.82, 2.24) is 13.9 Å². The fraction of sp³-hybridized carbons (Fsp3) is 0.300. The molecule has 1 heterocycles. The summed E-state index contributed by atoms with van der Waals surface area (Å²) in [6.45, 7) is 4.12. The van der Waals surface area contributed by atoms with E-state index in [4.69, 9.17) is 16.3 Å². The molecule has 1 aromatic heterocycles. The molecule has 0 saturated carbocycles. The molecule has 0 aliphatic heterocycles. The minimum atomic E-state index is -3.81. The number of nitrogens with one attached hydrogen (secondary N) is 1. The summed E-state index contributed by atoms with van der Waals surface area (Å²) in [4.78, 5) is 17.2. The molecule has 1 N–H and O–H groups in total. The van der Waals surface area contributed by atoms with Crippen LogP contribution >= 0.6 is 11.6 Å². The summed E-state index contributed by atoms with van der Waals surface area (Å²) < 4.78 is 34.2. The molecule has 0 aliphatic carbocycles. The van der Waals surface area contributed by atoms with Gasteiger partial charge < -0.3 is 9.30 Å². The number of carbonyl (C=O) groups is 1. The van der Waals surface area contributed by atoms with Gasteiger partial charge in [-0.1, -0.05) is 25.4 Å². The molecule has 0 atom stereocenters. The first-order valence-electron chi connectivity index (χ1n) is 9.34. The fourth-order valence-electron chi connectivity index (χ4n) is 3.18. The van der Waals surface area contributed by atoms with Gasteiger partial charge in [-0.15, -0.1) is 0 Å². The highest BCUT2D eigenvalue weighted by Crippen LogP contribution is 2.28. The third-order valence-electron chi connectivity index (χ3n) is 4.82. The number of hydrogen-bond donors (Lipinski definition) is 1. The molecule has 0 saturated heterocycles. The Morgan fingerprint density at radius 3 is 2.53 bits per heavy atom. The van der Waals surface area contributed by atoms with E-state index >= 15 is 0 Å². The van der Waals surface area contributed by atoms with Gasteiger partial charge in [-0.25, -0.2) is 13.4 Å². The highest BCUT2D eigenvalue weighted by molar-refractivity contribution is 7.89. The van der Waals surface area contributed by atoms with Crippen molar-refractivity contribution < 1.29 is 17.9 Å². The van der Waals surface area contributed by atoms with Gasteiger partial charge in [0.25, 0.3) is 5.91 Å². The first-order valence-corrected chi connectivity index (χ1v) is 11.2. The molecule has 0 aliphatic rings. The van der Waals surface area contributed by atoms with Crippen LogP contribution in [-0.2, 0) is 17.1 Å². The zero-order valence-electron chi connectivity index (χ0n) is 17.1. The van der Waals surface area contributed by atoms with E-state index in [-0.39, 0.29) is 16.2 Å². The van der Waals surface area contributed by atoms with E-state index < -0.39 is 15.9 Å². The van der Waals surface area contributed by atoms with Crippen LogP contribution in [0.3, 0.4) is 0 Å². The monoisotopic (exact) mass is 450 g/mol. The quantitative estimate of drug-likeness (QED) is 0.594. The standard InChI is InChI=1S/C20H23ClN4O4S/c1-5-25(6-2)30(27,28)18-11-13(7-10-17(18)29-4)19(26)23-20-22-15-12-14(21)8-9-16(15)24(20)3/h7-12H,5-6H2,1-4H3,(H,22,23,26). The average molecular weight is 451 g/mol. The second-order valence-electron chi connectivity index (χ2n) is 6.54. The van der Waals surface area contributed by atoms with Crippen LogP contribution in [0.5, 0.6) is 5.75 Å². The number of methoxy groups -OCH3 is 1.